The molecule has 1 aromatic carbocycles. The normalized spacial score (nSPS) is 11.4. The molecule has 23 heavy (non-hydrogen) atoms. The number of carbonyl (C=O) groups excluding carboxylic acids is 1. The van der Waals surface area contributed by atoms with Crippen LogP contribution < -0.4 is 4.74 Å². The Morgan fingerprint density at radius 3 is 2.78 bits per heavy atom. The summed E-state index contributed by atoms with van der Waals surface area (Å²) < 4.78 is 12.3. The van der Waals surface area contributed by atoms with Crippen LogP contribution in [0.3, 0.4) is 0 Å². The maximum atomic E-state index is 12.3. The summed E-state index contributed by atoms with van der Waals surface area (Å²) in [5.74, 6) is 0.945. The molecule has 0 aliphatic rings. The Morgan fingerprint density at radius 1 is 1.43 bits per heavy atom. The zero-order valence-electron chi connectivity index (χ0n) is 13.7. The second kappa shape index (κ2) is 7.87. The summed E-state index contributed by atoms with van der Waals surface area (Å²) in [4.78, 5) is 17.6. The van der Waals surface area contributed by atoms with Crippen LogP contribution in [0.4, 0.5) is 0 Å². The third-order valence-corrected chi connectivity index (χ3v) is 4.05. The molecule has 6 heteroatoms. The topological polar surface area (TPSA) is 53.4 Å². The zero-order valence-corrected chi connectivity index (χ0v) is 14.5. The van der Waals surface area contributed by atoms with Gasteiger partial charge in [0.2, 0.25) is 0 Å². The molecule has 0 saturated heterocycles. The van der Waals surface area contributed by atoms with Crippen LogP contribution in [-0.4, -0.2) is 35.5 Å². The first kappa shape index (κ1) is 17.1. The van der Waals surface area contributed by atoms with Crippen molar-refractivity contribution in [3.63, 3.8) is 0 Å². The molecule has 0 radical (unpaired) electrons. The van der Waals surface area contributed by atoms with Crippen LogP contribution >= 0.6 is 11.8 Å². The van der Waals surface area contributed by atoms with E-state index in [4.69, 9.17) is 9.47 Å². The third kappa shape index (κ3) is 3.96. The summed E-state index contributed by atoms with van der Waals surface area (Å²) in [6.45, 7) is 2.10. The lowest BCUT2D eigenvalue weighted by Crippen LogP contribution is -2.10. The molecule has 0 bridgehead atoms. The molecule has 122 valence electrons. The van der Waals surface area contributed by atoms with Gasteiger partial charge in [0.25, 0.3) is 0 Å². The van der Waals surface area contributed by atoms with Gasteiger partial charge in [0.15, 0.2) is 0 Å². The van der Waals surface area contributed by atoms with Crippen LogP contribution in [0.1, 0.15) is 18.3 Å². The average Bonchev–Trinajstić information content (AvgIpc) is 2.98. The molecule has 0 atom stereocenters. The van der Waals surface area contributed by atoms with E-state index in [1.165, 1.54) is 0 Å². The molecular formula is C17H20N2O3S. The van der Waals surface area contributed by atoms with E-state index < -0.39 is 5.97 Å². The maximum Gasteiger partial charge on any atom is 0.341 e. The fraction of sp³-hybridized carbons (Fsp3) is 0.294. The predicted octanol–water partition coefficient (Wildman–Crippen LogP) is 3.25. The van der Waals surface area contributed by atoms with Crippen molar-refractivity contribution in [3.8, 4) is 5.75 Å². The first-order valence-corrected chi connectivity index (χ1v) is 8.41. The Morgan fingerprint density at radius 2 is 2.22 bits per heavy atom. The molecule has 1 aromatic heterocycles. The molecule has 5 nitrogen and oxygen atoms in total. The molecule has 0 spiro atoms. The largest absolute Gasteiger partial charge is 0.496 e. The summed E-state index contributed by atoms with van der Waals surface area (Å²) in [6, 6.07) is 5.81. The minimum atomic E-state index is -0.394. The SMILES string of the molecule is CCOC(=O)C(=Cc1ccc(SC)c(OC)c1)c1nccn1C. The highest BCUT2D eigenvalue weighted by atomic mass is 32.2. The van der Waals surface area contributed by atoms with Gasteiger partial charge in [0.05, 0.1) is 13.7 Å². The van der Waals surface area contributed by atoms with Crippen LogP contribution in [0.2, 0.25) is 0 Å². The van der Waals surface area contributed by atoms with Crippen molar-refractivity contribution in [1.82, 2.24) is 9.55 Å². The van der Waals surface area contributed by atoms with Gasteiger partial charge in [-0.15, -0.1) is 11.8 Å². The van der Waals surface area contributed by atoms with E-state index in [1.54, 1.807) is 48.8 Å². The Balaban J connectivity index is 2.49. The number of methoxy groups -OCH3 is 1. The summed E-state index contributed by atoms with van der Waals surface area (Å²) in [5.41, 5.74) is 1.27. The summed E-state index contributed by atoms with van der Waals surface area (Å²) in [5, 5.41) is 0. The number of hydrogen-bond donors (Lipinski definition) is 0. The molecular weight excluding hydrogens is 312 g/mol. The average molecular weight is 332 g/mol. The Labute approximate surface area is 140 Å². The number of imidazole rings is 1. The lowest BCUT2D eigenvalue weighted by molar-refractivity contribution is -0.136. The number of carbonyl (C=O) groups is 1. The molecule has 0 saturated carbocycles. The molecule has 2 rings (SSSR count). The lowest BCUT2D eigenvalue weighted by atomic mass is 10.1. The van der Waals surface area contributed by atoms with Crippen LogP contribution in [0.5, 0.6) is 5.75 Å². The van der Waals surface area contributed by atoms with Crippen LogP contribution in [0, 0.1) is 0 Å². The van der Waals surface area contributed by atoms with Gasteiger partial charge in [-0.05, 0) is 37.0 Å². The van der Waals surface area contributed by atoms with Crippen molar-refractivity contribution in [3.05, 3.63) is 42.0 Å². The molecule has 1 heterocycles. The standard InChI is InChI=1S/C17H20N2O3S/c1-5-22-17(20)13(16-18-8-9-19(16)2)10-12-6-7-15(23-4)14(11-12)21-3/h6-11H,5H2,1-4H3. The summed E-state index contributed by atoms with van der Waals surface area (Å²) >= 11 is 1.61. The number of benzene rings is 1. The number of rotatable bonds is 6. The maximum absolute atomic E-state index is 12.3. The summed E-state index contributed by atoms with van der Waals surface area (Å²) in [7, 11) is 3.47. The van der Waals surface area contributed by atoms with Crippen molar-refractivity contribution in [2.75, 3.05) is 20.0 Å². The van der Waals surface area contributed by atoms with Gasteiger partial charge in [-0.1, -0.05) is 6.07 Å². The summed E-state index contributed by atoms with van der Waals surface area (Å²) in [6.07, 6.45) is 7.21. The van der Waals surface area contributed by atoms with Crippen molar-refractivity contribution in [2.45, 2.75) is 11.8 Å². The van der Waals surface area contributed by atoms with Gasteiger partial charge < -0.3 is 14.0 Å². The van der Waals surface area contributed by atoms with E-state index >= 15 is 0 Å². The van der Waals surface area contributed by atoms with E-state index in [2.05, 4.69) is 4.98 Å². The first-order chi connectivity index (χ1) is 11.1. The smallest absolute Gasteiger partial charge is 0.341 e. The second-order valence-electron chi connectivity index (χ2n) is 4.75. The zero-order chi connectivity index (χ0) is 16.8. The molecule has 0 fully saturated rings. The number of aryl methyl sites for hydroxylation is 1. The molecule has 0 amide bonds. The van der Waals surface area contributed by atoms with E-state index in [0.717, 1.165) is 16.2 Å². The monoisotopic (exact) mass is 332 g/mol. The van der Waals surface area contributed by atoms with Gasteiger partial charge >= 0.3 is 5.97 Å². The van der Waals surface area contributed by atoms with Crippen molar-refractivity contribution in [1.29, 1.82) is 0 Å². The van der Waals surface area contributed by atoms with Crippen molar-refractivity contribution >= 4 is 29.4 Å². The van der Waals surface area contributed by atoms with Gasteiger partial charge in [0.1, 0.15) is 17.1 Å². The quantitative estimate of drug-likeness (QED) is 0.462. The number of nitrogens with zero attached hydrogens (tertiary/aromatic N) is 2. The van der Waals surface area contributed by atoms with Gasteiger partial charge in [-0.25, -0.2) is 9.78 Å². The third-order valence-electron chi connectivity index (χ3n) is 3.28. The minimum absolute atomic E-state index is 0.315. The second-order valence-corrected chi connectivity index (χ2v) is 5.60. The number of thioether (sulfide) groups is 1. The molecule has 0 aliphatic heterocycles. The highest BCUT2D eigenvalue weighted by Gasteiger charge is 2.17. The Bertz CT molecular complexity index is 722. The number of aromatic nitrogens is 2. The first-order valence-electron chi connectivity index (χ1n) is 7.19. The Hall–Kier alpha value is -2.21. The number of hydrogen-bond acceptors (Lipinski definition) is 5. The minimum Gasteiger partial charge on any atom is -0.496 e. The van der Waals surface area contributed by atoms with E-state index in [-0.39, 0.29) is 0 Å². The van der Waals surface area contributed by atoms with Gasteiger partial charge in [0, 0.05) is 24.3 Å². The van der Waals surface area contributed by atoms with Crippen LogP contribution in [0.25, 0.3) is 11.6 Å². The fourth-order valence-electron chi connectivity index (χ4n) is 2.16. The highest BCUT2D eigenvalue weighted by molar-refractivity contribution is 7.98. The van der Waals surface area contributed by atoms with Crippen molar-refractivity contribution < 1.29 is 14.3 Å². The number of esters is 1. The molecule has 2 aromatic rings. The highest BCUT2D eigenvalue weighted by Crippen LogP contribution is 2.30. The lowest BCUT2D eigenvalue weighted by Gasteiger charge is -2.09. The van der Waals surface area contributed by atoms with Gasteiger partial charge in [-0.3, -0.25) is 0 Å². The van der Waals surface area contributed by atoms with Gasteiger partial charge in [-0.2, -0.15) is 0 Å². The Kier molecular flexibility index (Phi) is 5.87. The molecule has 0 unspecified atom stereocenters. The number of ether oxygens (including phenoxy) is 2. The van der Waals surface area contributed by atoms with E-state index in [9.17, 15) is 4.79 Å². The predicted molar refractivity (Wildman–Crippen MR) is 92.5 cm³/mol. The fourth-order valence-corrected chi connectivity index (χ4v) is 2.71. The van der Waals surface area contributed by atoms with E-state index in [0.29, 0.717) is 18.0 Å². The molecule has 0 N–H and O–H groups in total. The molecule has 0 aliphatic carbocycles. The van der Waals surface area contributed by atoms with Crippen LogP contribution in [0.15, 0.2) is 35.5 Å². The van der Waals surface area contributed by atoms with E-state index in [1.807, 2.05) is 31.5 Å². The van der Waals surface area contributed by atoms with Crippen LogP contribution in [-0.2, 0) is 16.6 Å². The van der Waals surface area contributed by atoms with Crippen molar-refractivity contribution in [2.24, 2.45) is 7.05 Å².